The van der Waals surface area contributed by atoms with Crippen molar-refractivity contribution in [2.45, 2.75) is 77.3 Å². The van der Waals surface area contributed by atoms with Crippen LogP contribution in [0.25, 0.3) is 0 Å². The lowest BCUT2D eigenvalue weighted by atomic mass is 9.89. The second-order valence-electron chi connectivity index (χ2n) is 9.53. The quantitative estimate of drug-likeness (QED) is 0.823. The third-order valence-corrected chi connectivity index (χ3v) is 6.54. The third-order valence-electron chi connectivity index (χ3n) is 6.54. The Morgan fingerprint density at radius 1 is 1.26 bits per heavy atom. The van der Waals surface area contributed by atoms with Crippen LogP contribution in [0.5, 0.6) is 0 Å². The van der Waals surface area contributed by atoms with E-state index in [-0.39, 0.29) is 36.0 Å². The molecule has 1 aromatic heterocycles. The lowest BCUT2D eigenvalue weighted by Gasteiger charge is -2.28. The summed E-state index contributed by atoms with van der Waals surface area (Å²) in [6.07, 6.45) is 9.28. The average molecular weight is 373 g/mol. The Kier molecular flexibility index (Phi) is 4.77. The number of amides is 1. The second kappa shape index (κ2) is 6.95. The van der Waals surface area contributed by atoms with Crippen LogP contribution in [0.15, 0.2) is 6.20 Å². The normalized spacial score (nSPS) is 29.4. The standard InChI is InChI=1S/C21H31N3O3/c1-21(2,3)24-18-6-4-5-17(16(18)11-22-24)23-19(25)12-27-20(26)15-10-13-7-8-14(15)9-13/h11,13-15,17H,4-10,12H2,1-3H3,(H,23,25)/t13-,14-,15-,17-/m0/s1. The van der Waals surface area contributed by atoms with Crippen LogP contribution in [0.3, 0.4) is 0 Å². The zero-order valence-corrected chi connectivity index (χ0v) is 16.7. The second-order valence-corrected chi connectivity index (χ2v) is 9.53. The first-order valence-corrected chi connectivity index (χ1v) is 10.4. The third kappa shape index (κ3) is 3.63. The molecule has 148 valence electrons. The number of carbonyl (C=O) groups excluding carboxylic acids is 2. The van der Waals surface area contributed by atoms with E-state index < -0.39 is 0 Å². The number of fused-ring (bicyclic) bond motifs is 3. The summed E-state index contributed by atoms with van der Waals surface area (Å²) in [4.78, 5) is 24.7. The number of aromatic nitrogens is 2. The highest BCUT2D eigenvalue weighted by Gasteiger charge is 2.44. The molecule has 0 spiro atoms. The Morgan fingerprint density at radius 3 is 2.74 bits per heavy atom. The zero-order valence-electron chi connectivity index (χ0n) is 16.7. The monoisotopic (exact) mass is 373 g/mol. The summed E-state index contributed by atoms with van der Waals surface area (Å²) in [5, 5.41) is 7.61. The minimum absolute atomic E-state index is 0.0165. The molecule has 0 radical (unpaired) electrons. The van der Waals surface area contributed by atoms with Crippen molar-refractivity contribution in [3.63, 3.8) is 0 Å². The van der Waals surface area contributed by atoms with E-state index in [1.54, 1.807) is 0 Å². The van der Waals surface area contributed by atoms with Crippen molar-refractivity contribution in [2.75, 3.05) is 6.61 Å². The van der Waals surface area contributed by atoms with Gasteiger partial charge in [0.2, 0.25) is 0 Å². The van der Waals surface area contributed by atoms with Crippen molar-refractivity contribution in [1.82, 2.24) is 15.1 Å². The highest BCUT2D eigenvalue weighted by Crippen LogP contribution is 2.48. The molecule has 1 heterocycles. The predicted octanol–water partition coefficient (Wildman–Crippen LogP) is 3.11. The molecule has 6 nitrogen and oxygen atoms in total. The van der Waals surface area contributed by atoms with Crippen molar-refractivity contribution < 1.29 is 14.3 Å². The Morgan fingerprint density at radius 2 is 2.07 bits per heavy atom. The Bertz CT molecular complexity index is 734. The highest BCUT2D eigenvalue weighted by atomic mass is 16.5. The smallest absolute Gasteiger partial charge is 0.309 e. The maximum Gasteiger partial charge on any atom is 0.309 e. The molecular weight excluding hydrogens is 342 g/mol. The van der Waals surface area contributed by atoms with Gasteiger partial charge in [0.05, 0.1) is 23.7 Å². The summed E-state index contributed by atoms with van der Waals surface area (Å²) < 4.78 is 7.42. The summed E-state index contributed by atoms with van der Waals surface area (Å²) in [7, 11) is 0. The molecule has 0 aliphatic heterocycles. The van der Waals surface area contributed by atoms with E-state index in [1.807, 2.05) is 6.20 Å². The van der Waals surface area contributed by atoms with Crippen molar-refractivity contribution >= 4 is 11.9 Å². The lowest BCUT2D eigenvalue weighted by Crippen LogP contribution is -2.36. The predicted molar refractivity (Wildman–Crippen MR) is 101 cm³/mol. The minimum Gasteiger partial charge on any atom is -0.455 e. The fraction of sp³-hybridized carbons (Fsp3) is 0.762. The Labute approximate surface area is 161 Å². The molecule has 0 saturated heterocycles. The first-order valence-electron chi connectivity index (χ1n) is 10.4. The lowest BCUT2D eigenvalue weighted by molar-refractivity contribution is -0.154. The molecule has 27 heavy (non-hydrogen) atoms. The molecule has 2 fully saturated rings. The van der Waals surface area contributed by atoms with E-state index in [0.717, 1.165) is 44.1 Å². The Balaban J connectivity index is 1.33. The molecular formula is C21H31N3O3. The molecule has 3 aliphatic rings. The van der Waals surface area contributed by atoms with Crippen LogP contribution >= 0.6 is 0 Å². The van der Waals surface area contributed by atoms with Crippen LogP contribution in [0.1, 0.15) is 76.6 Å². The van der Waals surface area contributed by atoms with Gasteiger partial charge in [0, 0.05) is 11.3 Å². The van der Waals surface area contributed by atoms with Gasteiger partial charge in [0.15, 0.2) is 6.61 Å². The van der Waals surface area contributed by atoms with Gasteiger partial charge in [-0.3, -0.25) is 14.3 Å². The number of hydrogen-bond acceptors (Lipinski definition) is 4. The fourth-order valence-electron chi connectivity index (χ4n) is 5.30. The van der Waals surface area contributed by atoms with Gasteiger partial charge in [-0.25, -0.2) is 0 Å². The Hall–Kier alpha value is -1.85. The molecule has 1 amide bonds. The number of hydrogen-bond donors (Lipinski definition) is 1. The maximum absolute atomic E-state index is 12.4. The number of rotatable bonds is 4. The summed E-state index contributed by atoms with van der Waals surface area (Å²) in [6, 6.07) is -0.0430. The van der Waals surface area contributed by atoms with Gasteiger partial charge in [0.25, 0.3) is 5.91 Å². The maximum atomic E-state index is 12.4. The van der Waals surface area contributed by atoms with Crippen molar-refractivity contribution in [3.8, 4) is 0 Å². The zero-order chi connectivity index (χ0) is 19.2. The van der Waals surface area contributed by atoms with Crippen LogP contribution < -0.4 is 5.32 Å². The number of nitrogens with one attached hydrogen (secondary N) is 1. The van der Waals surface area contributed by atoms with Crippen molar-refractivity contribution in [1.29, 1.82) is 0 Å². The average Bonchev–Trinajstić information content (AvgIpc) is 3.33. The highest BCUT2D eigenvalue weighted by molar-refractivity contribution is 5.81. The number of carbonyl (C=O) groups is 2. The summed E-state index contributed by atoms with van der Waals surface area (Å²) in [5.74, 6) is 0.800. The van der Waals surface area contributed by atoms with Crippen LogP contribution in [-0.2, 0) is 26.3 Å². The van der Waals surface area contributed by atoms with Crippen LogP contribution in [-0.4, -0.2) is 28.3 Å². The fourth-order valence-corrected chi connectivity index (χ4v) is 5.30. The van der Waals surface area contributed by atoms with E-state index in [4.69, 9.17) is 4.74 Å². The van der Waals surface area contributed by atoms with Crippen molar-refractivity contribution in [3.05, 3.63) is 17.5 Å². The summed E-state index contributed by atoms with van der Waals surface area (Å²) in [5.41, 5.74) is 2.23. The molecule has 2 bridgehead atoms. The van der Waals surface area contributed by atoms with E-state index >= 15 is 0 Å². The molecule has 1 aromatic rings. The number of ether oxygens (including phenoxy) is 1. The van der Waals surface area contributed by atoms with E-state index in [9.17, 15) is 9.59 Å². The minimum atomic E-state index is -0.215. The summed E-state index contributed by atoms with van der Waals surface area (Å²) >= 11 is 0. The number of esters is 1. The molecule has 3 aliphatic carbocycles. The van der Waals surface area contributed by atoms with Gasteiger partial charge in [0.1, 0.15) is 0 Å². The first-order chi connectivity index (χ1) is 12.8. The number of nitrogens with zero attached hydrogens (tertiary/aromatic N) is 2. The van der Waals surface area contributed by atoms with Crippen LogP contribution in [0, 0.1) is 17.8 Å². The van der Waals surface area contributed by atoms with Gasteiger partial charge in [-0.15, -0.1) is 0 Å². The van der Waals surface area contributed by atoms with Gasteiger partial charge in [-0.1, -0.05) is 6.42 Å². The van der Waals surface area contributed by atoms with Gasteiger partial charge < -0.3 is 10.1 Å². The molecule has 2 saturated carbocycles. The van der Waals surface area contributed by atoms with Crippen LogP contribution in [0.4, 0.5) is 0 Å². The largest absolute Gasteiger partial charge is 0.455 e. The SMILES string of the molecule is CC(C)(C)n1ncc2c1CCC[C@@H]2NC(=O)COC(=O)[C@H]1C[C@H]2CC[C@H]1C2. The van der Waals surface area contributed by atoms with E-state index in [0.29, 0.717) is 11.8 Å². The van der Waals surface area contributed by atoms with Gasteiger partial charge >= 0.3 is 5.97 Å². The molecule has 4 atom stereocenters. The van der Waals surface area contributed by atoms with Gasteiger partial charge in [-0.05, 0) is 71.1 Å². The first kappa shape index (κ1) is 18.5. The van der Waals surface area contributed by atoms with Gasteiger partial charge in [-0.2, -0.15) is 5.10 Å². The van der Waals surface area contributed by atoms with Crippen molar-refractivity contribution in [2.24, 2.45) is 17.8 Å². The van der Waals surface area contributed by atoms with Crippen LogP contribution in [0.2, 0.25) is 0 Å². The molecule has 4 rings (SSSR count). The van der Waals surface area contributed by atoms with E-state index in [1.165, 1.54) is 12.1 Å². The summed E-state index contributed by atoms with van der Waals surface area (Å²) in [6.45, 7) is 6.23. The van der Waals surface area contributed by atoms with E-state index in [2.05, 4.69) is 35.9 Å². The molecule has 0 unspecified atom stereocenters. The molecule has 6 heteroatoms. The molecule has 1 N–H and O–H groups in total. The molecule has 0 aromatic carbocycles. The topological polar surface area (TPSA) is 73.2 Å².